The average molecular weight is 192 g/mol. The molecule has 0 radical (unpaired) electrons. The maximum absolute atomic E-state index is 13.4. The maximum atomic E-state index is 13.4. The Bertz CT molecular complexity index is 460. The Labute approximate surface area is 81.9 Å². The zero-order valence-electron chi connectivity index (χ0n) is 8.10. The fourth-order valence-corrected chi connectivity index (χ4v) is 1.82. The highest BCUT2D eigenvalue weighted by Crippen LogP contribution is 2.24. The second kappa shape index (κ2) is 3.42. The molecular weight excluding hydrogens is 179 g/mol. The zero-order valence-corrected chi connectivity index (χ0v) is 8.10. The first kappa shape index (κ1) is 9.21. The summed E-state index contributed by atoms with van der Waals surface area (Å²) in [4.78, 5) is 2.95. The Balaban J connectivity index is 2.70. The van der Waals surface area contributed by atoms with E-state index >= 15 is 0 Å². The molecule has 0 aliphatic carbocycles. The number of halogens is 1. The van der Waals surface area contributed by atoms with Gasteiger partial charge in [-0.1, -0.05) is 6.07 Å². The van der Waals surface area contributed by atoms with Crippen molar-refractivity contribution in [3.05, 3.63) is 35.3 Å². The minimum absolute atomic E-state index is 0.200. The monoisotopic (exact) mass is 192 g/mol. The SMILES string of the molecule is Cc1ccc(F)c2[nH]cc(CCN)c12. The predicted molar refractivity (Wildman–Crippen MR) is 55.8 cm³/mol. The minimum Gasteiger partial charge on any atom is -0.359 e. The molecule has 3 N–H and O–H groups in total. The van der Waals surface area contributed by atoms with Crippen LogP contribution in [0.3, 0.4) is 0 Å². The summed E-state index contributed by atoms with van der Waals surface area (Å²) in [5, 5.41) is 0.982. The molecule has 0 spiro atoms. The Kier molecular flexibility index (Phi) is 2.25. The van der Waals surface area contributed by atoms with Crippen molar-refractivity contribution < 1.29 is 4.39 Å². The fourth-order valence-electron chi connectivity index (χ4n) is 1.82. The van der Waals surface area contributed by atoms with E-state index in [1.807, 2.05) is 13.1 Å². The van der Waals surface area contributed by atoms with Crippen molar-refractivity contribution in [2.24, 2.45) is 5.73 Å². The summed E-state index contributed by atoms with van der Waals surface area (Å²) in [5.74, 6) is -0.200. The summed E-state index contributed by atoms with van der Waals surface area (Å²) in [6.07, 6.45) is 2.62. The lowest BCUT2D eigenvalue weighted by atomic mass is 10.1. The Morgan fingerprint density at radius 3 is 2.93 bits per heavy atom. The number of H-pyrrole nitrogens is 1. The largest absolute Gasteiger partial charge is 0.359 e. The van der Waals surface area contributed by atoms with Gasteiger partial charge in [-0.15, -0.1) is 0 Å². The number of hydrogen-bond donors (Lipinski definition) is 2. The van der Waals surface area contributed by atoms with Crippen LogP contribution in [0.2, 0.25) is 0 Å². The number of aromatic nitrogens is 1. The van der Waals surface area contributed by atoms with E-state index in [-0.39, 0.29) is 5.82 Å². The van der Waals surface area contributed by atoms with Crippen molar-refractivity contribution in [2.45, 2.75) is 13.3 Å². The smallest absolute Gasteiger partial charge is 0.147 e. The van der Waals surface area contributed by atoms with E-state index in [0.717, 1.165) is 22.9 Å². The molecule has 2 aromatic rings. The Morgan fingerprint density at radius 1 is 1.43 bits per heavy atom. The number of rotatable bonds is 2. The van der Waals surface area contributed by atoms with Crippen molar-refractivity contribution in [3.8, 4) is 0 Å². The molecule has 0 saturated heterocycles. The van der Waals surface area contributed by atoms with E-state index in [1.165, 1.54) is 6.07 Å². The van der Waals surface area contributed by atoms with Crippen molar-refractivity contribution in [2.75, 3.05) is 6.54 Å². The number of nitrogens with one attached hydrogen (secondary N) is 1. The highest BCUT2D eigenvalue weighted by Gasteiger charge is 2.09. The Hall–Kier alpha value is -1.35. The van der Waals surface area contributed by atoms with Crippen LogP contribution in [0.5, 0.6) is 0 Å². The van der Waals surface area contributed by atoms with Gasteiger partial charge in [-0.3, -0.25) is 0 Å². The fraction of sp³-hybridized carbons (Fsp3) is 0.273. The molecule has 1 aromatic heterocycles. The molecule has 74 valence electrons. The topological polar surface area (TPSA) is 41.8 Å². The van der Waals surface area contributed by atoms with E-state index in [9.17, 15) is 4.39 Å². The Morgan fingerprint density at radius 2 is 2.21 bits per heavy atom. The van der Waals surface area contributed by atoms with Gasteiger partial charge in [-0.25, -0.2) is 4.39 Å². The first-order valence-electron chi connectivity index (χ1n) is 4.69. The molecular formula is C11H13FN2. The third kappa shape index (κ3) is 1.30. The van der Waals surface area contributed by atoms with Gasteiger partial charge in [0.2, 0.25) is 0 Å². The molecule has 0 amide bonds. The van der Waals surface area contributed by atoms with Crippen LogP contribution >= 0.6 is 0 Å². The molecule has 0 atom stereocenters. The van der Waals surface area contributed by atoms with E-state index in [1.54, 1.807) is 6.07 Å². The van der Waals surface area contributed by atoms with Crippen molar-refractivity contribution in [1.82, 2.24) is 4.98 Å². The lowest BCUT2D eigenvalue weighted by Gasteiger charge is -2.00. The van der Waals surface area contributed by atoms with Crippen LogP contribution < -0.4 is 5.73 Å². The molecule has 1 aromatic carbocycles. The second-order valence-electron chi connectivity index (χ2n) is 3.47. The quantitative estimate of drug-likeness (QED) is 0.751. The van der Waals surface area contributed by atoms with Gasteiger partial charge in [0.25, 0.3) is 0 Å². The van der Waals surface area contributed by atoms with Crippen LogP contribution in [0.4, 0.5) is 4.39 Å². The molecule has 2 nitrogen and oxygen atoms in total. The number of aromatic amines is 1. The molecule has 2 rings (SSSR count). The molecule has 3 heteroatoms. The number of benzene rings is 1. The lowest BCUT2D eigenvalue weighted by molar-refractivity contribution is 0.637. The van der Waals surface area contributed by atoms with Gasteiger partial charge in [0.1, 0.15) is 5.82 Å². The molecule has 0 aliphatic heterocycles. The third-order valence-electron chi connectivity index (χ3n) is 2.49. The van der Waals surface area contributed by atoms with Crippen LogP contribution in [0, 0.1) is 12.7 Å². The number of aryl methyl sites for hydroxylation is 1. The van der Waals surface area contributed by atoms with Crippen LogP contribution in [0.1, 0.15) is 11.1 Å². The van der Waals surface area contributed by atoms with Gasteiger partial charge in [0.05, 0.1) is 5.52 Å². The van der Waals surface area contributed by atoms with Crippen LogP contribution in [-0.4, -0.2) is 11.5 Å². The van der Waals surface area contributed by atoms with Crippen molar-refractivity contribution in [3.63, 3.8) is 0 Å². The maximum Gasteiger partial charge on any atom is 0.147 e. The van der Waals surface area contributed by atoms with E-state index in [0.29, 0.717) is 12.1 Å². The molecule has 0 aliphatic rings. The summed E-state index contributed by atoms with van der Waals surface area (Å²) in [6, 6.07) is 3.28. The normalized spacial score (nSPS) is 11.1. The van der Waals surface area contributed by atoms with Gasteiger partial charge < -0.3 is 10.7 Å². The number of fused-ring (bicyclic) bond motifs is 1. The van der Waals surface area contributed by atoms with Gasteiger partial charge in [0, 0.05) is 11.6 Å². The average Bonchev–Trinajstić information content (AvgIpc) is 2.58. The van der Waals surface area contributed by atoms with Crippen molar-refractivity contribution in [1.29, 1.82) is 0 Å². The van der Waals surface area contributed by atoms with E-state index in [4.69, 9.17) is 5.73 Å². The first-order valence-corrected chi connectivity index (χ1v) is 4.69. The third-order valence-corrected chi connectivity index (χ3v) is 2.49. The molecule has 14 heavy (non-hydrogen) atoms. The second-order valence-corrected chi connectivity index (χ2v) is 3.47. The van der Waals surface area contributed by atoms with Gasteiger partial charge in [-0.2, -0.15) is 0 Å². The highest BCUT2D eigenvalue weighted by atomic mass is 19.1. The molecule has 0 saturated carbocycles. The molecule has 0 bridgehead atoms. The molecule has 0 fully saturated rings. The van der Waals surface area contributed by atoms with Gasteiger partial charge in [-0.05, 0) is 37.1 Å². The van der Waals surface area contributed by atoms with Gasteiger partial charge >= 0.3 is 0 Å². The number of hydrogen-bond acceptors (Lipinski definition) is 1. The lowest BCUT2D eigenvalue weighted by Crippen LogP contribution is -2.02. The first-order chi connectivity index (χ1) is 6.74. The van der Waals surface area contributed by atoms with Gasteiger partial charge in [0.15, 0.2) is 0 Å². The standard InChI is InChI=1S/C11H13FN2/c1-7-2-3-9(12)11-10(7)8(4-5-13)6-14-11/h2-3,6,14H,4-5,13H2,1H3. The van der Waals surface area contributed by atoms with E-state index < -0.39 is 0 Å². The predicted octanol–water partition coefficient (Wildman–Crippen LogP) is 2.12. The summed E-state index contributed by atoms with van der Waals surface area (Å²) in [5.41, 5.74) is 8.27. The van der Waals surface area contributed by atoms with Crippen LogP contribution in [0.25, 0.3) is 10.9 Å². The summed E-state index contributed by atoms with van der Waals surface area (Å²) in [6.45, 7) is 2.57. The summed E-state index contributed by atoms with van der Waals surface area (Å²) in [7, 11) is 0. The number of nitrogens with two attached hydrogens (primary N) is 1. The van der Waals surface area contributed by atoms with E-state index in [2.05, 4.69) is 4.98 Å². The van der Waals surface area contributed by atoms with Crippen molar-refractivity contribution >= 4 is 10.9 Å². The molecule has 0 unspecified atom stereocenters. The summed E-state index contributed by atoms with van der Waals surface area (Å²) < 4.78 is 13.4. The van der Waals surface area contributed by atoms with Crippen LogP contribution in [-0.2, 0) is 6.42 Å². The molecule has 1 heterocycles. The zero-order chi connectivity index (χ0) is 10.1. The minimum atomic E-state index is -0.200. The highest BCUT2D eigenvalue weighted by molar-refractivity contribution is 5.86. The summed E-state index contributed by atoms with van der Waals surface area (Å²) >= 11 is 0. The van der Waals surface area contributed by atoms with Crippen LogP contribution in [0.15, 0.2) is 18.3 Å².